The Hall–Kier alpha value is -0.430. The van der Waals surface area contributed by atoms with Crippen molar-refractivity contribution < 1.29 is 8.42 Å². The van der Waals surface area contributed by atoms with Crippen LogP contribution in [0.1, 0.15) is 51.8 Å². The molecule has 0 unspecified atom stereocenters. The maximum atomic E-state index is 12.6. The van der Waals surface area contributed by atoms with Crippen molar-refractivity contribution >= 4 is 21.4 Å². The van der Waals surface area contributed by atoms with E-state index in [-0.39, 0.29) is 5.54 Å². The Balaban J connectivity index is 3.02. The first-order valence-corrected chi connectivity index (χ1v) is 9.62. The normalized spacial score (nSPS) is 12.8. The summed E-state index contributed by atoms with van der Waals surface area (Å²) in [6.07, 6.45) is 2.39. The van der Waals surface area contributed by atoms with Gasteiger partial charge in [-0.3, -0.25) is 0 Å². The largest absolute Gasteiger partial charge is 0.312 e. The highest BCUT2D eigenvalue weighted by molar-refractivity contribution is 7.89. The third-order valence-electron chi connectivity index (χ3n) is 3.91. The van der Waals surface area contributed by atoms with Crippen molar-refractivity contribution in [3.8, 4) is 0 Å². The van der Waals surface area contributed by atoms with Gasteiger partial charge in [0.15, 0.2) is 0 Å². The molecule has 0 aliphatic rings. The van der Waals surface area contributed by atoms with Crippen molar-refractivity contribution in [1.29, 1.82) is 0 Å². The molecule has 0 saturated heterocycles. The van der Waals surface area contributed by atoms with Gasteiger partial charge in [0.05, 0.1) is 4.90 Å². The summed E-state index contributed by atoms with van der Waals surface area (Å²) in [5, 5.41) is 5.03. The van der Waals surface area contributed by atoms with Crippen molar-refractivity contribution in [1.82, 2.24) is 10.0 Å². The molecule has 0 radical (unpaired) electrons. The van der Waals surface area contributed by atoms with Crippen LogP contribution < -0.4 is 10.0 Å². The molecule has 0 fully saturated rings. The molecule has 0 aliphatic heterocycles. The SMILES string of the molecule is CCNCc1sccc1S(=O)(=O)NC(CC)(CC)CC. The Morgan fingerprint density at radius 2 is 1.75 bits per heavy atom. The zero-order valence-electron chi connectivity index (χ0n) is 12.8. The summed E-state index contributed by atoms with van der Waals surface area (Å²) in [6.45, 7) is 9.53. The third kappa shape index (κ3) is 4.04. The Bertz CT molecular complexity index is 497. The Morgan fingerprint density at radius 3 is 2.25 bits per heavy atom. The van der Waals surface area contributed by atoms with Gasteiger partial charge in [-0.15, -0.1) is 11.3 Å². The standard InChI is InChI=1S/C14H26N2O2S2/c1-5-14(6-2,7-3)16-20(17,18)13-9-10-19-12(13)11-15-8-4/h9-10,15-16H,5-8,11H2,1-4H3. The number of hydrogen-bond acceptors (Lipinski definition) is 4. The van der Waals surface area contributed by atoms with Crippen LogP contribution in [0.4, 0.5) is 0 Å². The van der Waals surface area contributed by atoms with Gasteiger partial charge in [-0.1, -0.05) is 27.7 Å². The number of nitrogens with one attached hydrogen (secondary N) is 2. The highest BCUT2D eigenvalue weighted by Crippen LogP contribution is 2.26. The summed E-state index contributed by atoms with van der Waals surface area (Å²) >= 11 is 1.48. The van der Waals surface area contributed by atoms with E-state index in [9.17, 15) is 8.42 Å². The molecule has 6 heteroatoms. The number of sulfonamides is 1. The minimum absolute atomic E-state index is 0.337. The van der Waals surface area contributed by atoms with Gasteiger partial charge in [0.1, 0.15) is 0 Å². The van der Waals surface area contributed by atoms with E-state index in [0.29, 0.717) is 11.4 Å². The second kappa shape index (κ2) is 7.54. The van der Waals surface area contributed by atoms with E-state index < -0.39 is 10.0 Å². The molecule has 0 amide bonds. The topological polar surface area (TPSA) is 58.2 Å². The Kier molecular flexibility index (Phi) is 6.64. The third-order valence-corrected chi connectivity index (χ3v) is 6.62. The fourth-order valence-corrected chi connectivity index (χ4v) is 5.27. The summed E-state index contributed by atoms with van der Waals surface area (Å²) in [6, 6.07) is 1.70. The van der Waals surface area contributed by atoms with Crippen LogP contribution in [0, 0.1) is 0 Å². The first-order valence-electron chi connectivity index (χ1n) is 7.25. The van der Waals surface area contributed by atoms with Crippen molar-refractivity contribution in [3.05, 3.63) is 16.3 Å². The summed E-state index contributed by atoms with van der Waals surface area (Å²) in [4.78, 5) is 1.29. The zero-order valence-corrected chi connectivity index (χ0v) is 14.5. The van der Waals surface area contributed by atoms with E-state index in [4.69, 9.17) is 0 Å². The molecule has 0 bridgehead atoms. The average molecular weight is 319 g/mol. The highest BCUT2D eigenvalue weighted by Gasteiger charge is 2.31. The van der Waals surface area contributed by atoms with Gasteiger partial charge in [-0.05, 0) is 37.3 Å². The minimum Gasteiger partial charge on any atom is -0.312 e. The van der Waals surface area contributed by atoms with E-state index in [1.54, 1.807) is 6.07 Å². The van der Waals surface area contributed by atoms with Crippen molar-refractivity contribution in [2.75, 3.05) is 6.54 Å². The van der Waals surface area contributed by atoms with Crippen LogP contribution in [0.3, 0.4) is 0 Å². The second-order valence-electron chi connectivity index (χ2n) is 4.93. The van der Waals surface area contributed by atoms with Gasteiger partial charge in [-0.25, -0.2) is 13.1 Å². The molecule has 1 heterocycles. The van der Waals surface area contributed by atoms with Gasteiger partial charge in [-0.2, -0.15) is 0 Å². The second-order valence-corrected chi connectivity index (χ2v) is 7.59. The van der Waals surface area contributed by atoms with Crippen LogP contribution in [0.2, 0.25) is 0 Å². The van der Waals surface area contributed by atoms with Crippen LogP contribution in [0.15, 0.2) is 16.3 Å². The molecule has 1 aromatic rings. The summed E-state index contributed by atoms with van der Waals surface area (Å²) in [5.74, 6) is 0. The lowest BCUT2D eigenvalue weighted by Crippen LogP contribution is -2.47. The first kappa shape index (κ1) is 17.6. The molecule has 1 aromatic heterocycles. The van der Waals surface area contributed by atoms with Crippen LogP contribution in [0.25, 0.3) is 0 Å². The van der Waals surface area contributed by atoms with Gasteiger partial charge in [0, 0.05) is 17.0 Å². The number of hydrogen-bond donors (Lipinski definition) is 2. The maximum Gasteiger partial charge on any atom is 0.242 e. The predicted molar refractivity (Wildman–Crippen MR) is 85.6 cm³/mol. The molecular formula is C14H26N2O2S2. The lowest BCUT2D eigenvalue weighted by Gasteiger charge is -2.31. The maximum absolute atomic E-state index is 12.6. The summed E-state index contributed by atoms with van der Waals surface area (Å²) < 4.78 is 28.2. The molecule has 0 atom stereocenters. The van der Waals surface area contributed by atoms with Gasteiger partial charge < -0.3 is 5.32 Å². The molecule has 0 aromatic carbocycles. The fourth-order valence-electron chi connectivity index (χ4n) is 2.24. The van der Waals surface area contributed by atoms with Crippen molar-refractivity contribution in [2.45, 2.75) is 63.9 Å². The minimum atomic E-state index is -3.45. The summed E-state index contributed by atoms with van der Waals surface area (Å²) in [7, 11) is -3.45. The first-order chi connectivity index (χ1) is 9.44. The van der Waals surface area contributed by atoms with Crippen molar-refractivity contribution in [3.63, 3.8) is 0 Å². The van der Waals surface area contributed by atoms with Crippen LogP contribution in [-0.2, 0) is 16.6 Å². The smallest absolute Gasteiger partial charge is 0.242 e. The average Bonchev–Trinajstić information content (AvgIpc) is 2.92. The Morgan fingerprint density at radius 1 is 1.15 bits per heavy atom. The Labute approximate surface area is 127 Å². The molecule has 0 spiro atoms. The van der Waals surface area contributed by atoms with E-state index >= 15 is 0 Å². The van der Waals surface area contributed by atoms with Crippen LogP contribution in [0.5, 0.6) is 0 Å². The molecule has 0 saturated carbocycles. The lowest BCUT2D eigenvalue weighted by atomic mass is 9.91. The molecule has 1 rings (SSSR count). The van der Waals surface area contributed by atoms with Crippen molar-refractivity contribution in [2.24, 2.45) is 0 Å². The van der Waals surface area contributed by atoms with Crippen LogP contribution in [-0.4, -0.2) is 20.5 Å². The predicted octanol–water partition coefficient (Wildman–Crippen LogP) is 3.10. The molecule has 2 N–H and O–H groups in total. The lowest BCUT2D eigenvalue weighted by molar-refractivity contribution is 0.341. The molecular weight excluding hydrogens is 292 g/mol. The molecule has 0 aliphatic carbocycles. The number of thiophene rings is 1. The highest BCUT2D eigenvalue weighted by atomic mass is 32.2. The summed E-state index contributed by atoms with van der Waals surface area (Å²) in [5.41, 5.74) is -0.337. The molecule has 4 nitrogen and oxygen atoms in total. The molecule has 20 heavy (non-hydrogen) atoms. The fraction of sp³-hybridized carbons (Fsp3) is 0.714. The van der Waals surface area contributed by atoms with Crippen LogP contribution >= 0.6 is 11.3 Å². The van der Waals surface area contributed by atoms with E-state index in [2.05, 4.69) is 10.0 Å². The monoisotopic (exact) mass is 318 g/mol. The number of rotatable bonds is 9. The van der Waals surface area contributed by atoms with E-state index in [1.165, 1.54) is 11.3 Å². The quantitative estimate of drug-likeness (QED) is 0.735. The zero-order chi connectivity index (χ0) is 15.2. The van der Waals surface area contributed by atoms with E-state index in [1.807, 2.05) is 33.1 Å². The van der Waals surface area contributed by atoms with Gasteiger partial charge >= 0.3 is 0 Å². The van der Waals surface area contributed by atoms with E-state index in [0.717, 1.165) is 30.7 Å². The molecule has 116 valence electrons. The van der Waals surface area contributed by atoms with Gasteiger partial charge in [0.2, 0.25) is 10.0 Å². The van der Waals surface area contributed by atoms with Gasteiger partial charge in [0.25, 0.3) is 0 Å².